The van der Waals surface area contributed by atoms with Gasteiger partial charge in [-0.15, -0.1) is 0 Å². The molecule has 4 aliphatic rings. The van der Waals surface area contributed by atoms with E-state index in [4.69, 9.17) is 4.74 Å². The maximum Gasteiger partial charge on any atom is 0.407 e. The number of hydrogen-bond acceptors (Lipinski definition) is 4. The fourth-order valence-electron chi connectivity index (χ4n) is 6.00. The van der Waals surface area contributed by atoms with Crippen molar-refractivity contribution in [1.29, 1.82) is 0 Å². The molecule has 2 N–H and O–H groups in total. The number of nitrogens with one attached hydrogen (secondary N) is 1. The van der Waals surface area contributed by atoms with Gasteiger partial charge in [0.05, 0.1) is 17.4 Å². The molecule has 1 saturated carbocycles. The summed E-state index contributed by atoms with van der Waals surface area (Å²) in [4.78, 5) is 38.6. The summed E-state index contributed by atoms with van der Waals surface area (Å²) >= 11 is 0. The van der Waals surface area contributed by atoms with E-state index in [1.54, 1.807) is 4.90 Å². The quantitative estimate of drug-likeness (QED) is 0.670. The Balaban J connectivity index is 1.03. The topological polar surface area (TPSA) is 95.9 Å². The van der Waals surface area contributed by atoms with Gasteiger partial charge in [-0.1, -0.05) is 60.7 Å². The van der Waals surface area contributed by atoms with Crippen molar-refractivity contribution in [1.82, 2.24) is 10.2 Å². The Labute approximate surface area is 197 Å². The number of carbonyl (C=O) groups is 3. The average molecular weight is 459 g/mol. The van der Waals surface area contributed by atoms with Gasteiger partial charge in [-0.05, 0) is 41.0 Å². The fraction of sp³-hybridized carbons (Fsp3) is 0.370. The lowest BCUT2D eigenvalue weighted by Crippen LogP contribution is -2.39. The van der Waals surface area contributed by atoms with Crippen molar-refractivity contribution in [3.63, 3.8) is 0 Å². The highest BCUT2D eigenvalue weighted by atomic mass is 16.5. The first-order chi connectivity index (χ1) is 16.5. The van der Waals surface area contributed by atoms with Gasteiger partial charge >= 0.3 is 12.1 Å². The molecule has 34 heavy (non-hydrogen) atoms. The average Bonchev–Trinajstić information content (AvgIpc) is 3.16. The number of likely N-dealkylation sites (tertiary alicyclic amines) is 1. The van der Waals surface area contributed by atoms with Gasteiger partial charge in [0.2, 0.25) is 5.91 Å². The number of carboxylic acid groups (broad SMARTS) is 1. The van der Waals surface area contributed by atoms with Crippen LogP contribution in [0.1, 0.15) is 29.9 Å². The molecule has 0 radical (unpaired) electrons. The van der Waals surface area contributed by atoms with Crippen LogP contribution in [0.5, 0.6) is 0 Å². The fourth-order valence-corrected chi connectivity index (χ4v) is 6.00. The molecule has 2 fully saturated rings. The third-order valence-corrected chi connectivity index (χ3v) is 7.93. The second-order valence-electron chi connectivity index (χ2n) is 9.88. The first-order valence-electron chi connectivity index (χ1n) is 11.8. The highest BCUT2D eigenvalue weighted by Gasteiger charge is 2.66. The summed E-state index contributed by atoms with van der Waals surface area (Å²) in [5, 5.41) is 12.3. The smallest absolute Gasteiger partial charge is 0.407 e. The lowest BCUT2D eigenvalue weighted by Gasteiger charge is -2.23. The Hall–Kier alpha value is -3.61. The molecular formula is C27H26N2O5. The molecule has 2 aromatic rings. The van der Waals surface area contributed by atoms with Crippen molar-refractivity contribution in [2.24, 2.45) is 17.3 Å². The first kappa shape index (κ1) is 21.0. The summed E-state index contributed by atoms with van der Waals surface area (Å²) < 4.78 is 5.61. The summed E-state index contributed by atoms with van der Waals surface area (Å²) in [5.41, 5.74) is 3.95. The molecule has 2 amide bonds. The van der Waals surface area contributed by atoms with Gasteiger partial charge in [-0.3, -0.25) is 9.59 Å². The van der Waals surface area contributed by atoms with Gasteiger partial charge in [-0.2, -0.15) is 0 Å². The molecule has 0 bridgehead atoms. The lowest BCUT2D eigenvalue weighted by molar-refractivity contribution is -0.144. The maximum absolute atomic E-state index is 12.9. The zero-order chi connectivity index (χ0) is 23.4. The molecule has 3 aliphatic carbocycles. The van der Waals surface area contributed by atoms with E-state index in [1.165, 1.54) is 11.1 Å². The molecule has 174 valence electrons. The van der Waals surface area contributed by atoms with Crippen molar-refractivity contribution < 1.29 is 24.2 Å². The minimum atomic E-state index is -0.801. The van der Waals surface area contributed by atoms with E-state index in [1.807, 2.05) is 36.4 Å². The molecule has 0 spiro atoms. The third-order valence-electron chi connectivity index (χ3n) is 7.93. The molecule has 4 atom stereocenters. The van der Waals surface area contributed by atoms with E-state index in [0.29, 0.717) is 25.9 Å². The van der Waals surface area contributed by atoms with Crippen molar-refractivity contribution in [3.8, 4) is 11.1 Å². The van der Waals surface area contributed by atoms with Crippen molar-refractivity contribution in [3.05, 3.63) is 71.8 Å². The van der Waals surface area contributed by atoms with Gasteiger partial charge in [0, 0.05) is 19.0 Å². The molecule has 1 saturated heterocycles. The van der Waals surface area contributed by atoms with Crippen LogP contribution in [0.25, 0.3) is 11.1 Å². The van der Waals surface area contributed by atoms with Crippen LogP contribution in [0.3, 0.4) is 0 Å². The second kappa shape index (κ2) is 7.72. The summed E-state index contributed by atoms with van der Waals surface area (Å²) in [7, 11) is 0. The maximum atomic E-state index is 12.9. The van der Waals surface area contributed by atoms with Crippen LogP contribution in [0.4, 0.5) is 4.79 Å². The monoisotopic (exact) mass is 458 g/mol. The van der Waals surface area contributed by atoms with Crippen LogP contribution >= 0.6 is 0 Å². The second-order valence-corrected chi connectivity index (χ2v) is 9.88. The van der Waals surface area contributed by atoms with Crippen LogP contribution in [0, 0.1) is 17.3 Å². The molecule has 6 rings (SSSR count). The number of carbonyl (C=O) groups excluding carboxylic acids is 2. The number of aliphatic carboxylic acids is 1. The summed E-state index contributed by atoms with van der Waals surface area (Å²) in [6.07, 6.45) is 4.27. The molecular weight excluding hydrogens is 432 g/mol. The van der Waals surface area contributed by atoms with Crippen molar-refractivity contribution >= 4 is 18.0 Å². The molecule has 1 heterocycles. The summed E-state index contributed by atoms with van der Waals surface area (Å²) in [6, 6.07) is 16.1. The molecule has 7 nitrogen and oxygen atoms in total. The Morgan fingerprint density at radius 1 is 1.03 bits per heavy atom. The van der Waals surface area contributed by atoms with E-state index in [0.717, 1.165) is 11.1 Å². The van der Waals surface area contributed by atoms with Gasteiger partial charge in [0.15, 0.2) is 0 Å². The van der Waals surface area contributed by atoms with Crippen LogP contribution in [-0.4, -0.2) is 53.7 Å². The Morgan fingerprint density at radius 2 is 1.71 bits per heavy atom. The third kappa shape index (κ3) is 3.30. The van der Waals surface area contributed by atoms with Gasteiger partial charge in [0.25, 0.3) is 0 Å². The van der Waals surface area contributed by atoms with Crippen molar-refractivity contribution in [2.75, 3.05) is 19.7 Å². The number of fused-ring (bicyclic) bond motifs is 4. The van der Waals surface area contributed by atoms with E-state index >= 15 is 0 Å². The first-order valence-corrected chi connectivity index (χ1v) is 11.8. The zero-order valence-corrected chi connectivity index (χ0v) is 18.6. The molecule has 4 unspecified atom stereocenters. The van der Waals surface area contributed by atoms with Gasteiger partial charge < -0.3 is 20.1 Å². The van der Waals surface area contributed by atoms with E-state index in [2.05, 4.69) is 29.6 Å². The van der Waals surface area contributed by atoms with E-state index in [-0.39, 0.29) is 36.3 Å². The van der Waals surface area contributed by atoms with Crippen LogP contribution in [-0.2, 0) is 14.3 Å². The number of benzene rings is 2. The van der Waals surface area contributed by atoms with E-state index in [9.17, 15) is 19.5 Å². The molecule has 1 aliphatic heterocycles. The zero-order valence-electron chi connectivity index (χ0n) is 18.6. The number of piperidine rings is 1. The van der Waals surface area contributed by atoms with Crippen LogP contribution in [0.2, 0.25) is 0 Å². The number of amides is 2. The number of carboxylic acids is 1. The normalized spacial score (nSPS) is 28.2. The minimum absolute atomic E-state index is 0.00486. The van der Waals surface area contributed by atoms with Crippen LogP contribution < -0.4 is 5.32 Å². The van der Waals surface area contributed by atoms with Gasteiger partial charge in [0.1, 0.15) is 6.61 Å². The molecule has 2 aromatic carbocycles. The Morgan fingerprint density at radius 3 is 2.35 bits per heavy atom. The highest BCUT2D eigenvalue weighted by molar-refractivity contribution is 5.86. The largest absolute Gasteiger partial charge is 0.481 e. The Kier molecular flexibility index (Phi) is 4.76. The Bertz CT molecular complexity index is 1180. The molecule has 0 aromatic heterocycles. The molecule has 7 heteroatoms. The minimum Gasteiger partial charge on any atom is -0.481 e. The van der Waals surface area contributed by atoms with Gasteiger partial charge in [-0.25, -0.2) is 4.79 Å². The lowest BCUT2D eigenvalue weighted by atomic mass is 9.98. The predicted molar refractivity (Wildman–Crippen MR) is 124 cm³/mol. The number of ether oxygens (including phenoxy) is 1. The number of rotatable bonds is 5. The number of hydrogen-bond donors (Lipinski definition) is 2. The predicted octanol–water partition coefficient (Wildman–Crippen LogP) is 3.40. The van der Waals surface area contributed by atoms with Crippen LogP contribution in [0.15, 0.2) is 60.7 Å². The standard InChI is InChI=1S/C27H26N2O5/c30-24(29-13-17-12-27(17,15-29)25(31)32)16-9-10-18(11-16)28-26(33)34-14-23-21-7-3-1-5-19(21)20-6-2-4-8-22(20)23/h1-10,16-18,23H,11-15H2,(H,28,33)(H,31,32). The summed E-state index contributed by atoms with van der Waals surface area (Å²) in [6.45, 7) is 1.05. The number of nitrogens with zero attached hydrogens (tertiary/aromatic N) is 1. The number of alkyl carbamates (subject to hydrolysis) is 1. The summed E-state index contributed by atoms with van der Waals surface area (Å²) in [5.74, 6) is -1.13. The SMILES string of the molecule is O=C(NC1C=CC(C(=O)N2CC3CC3(C(=O)O)C2)C1)OCC1c2ccccc2-c2ccccc21. The highest BCUT2D eigenvalue weighted by Crippen LogP contribution is 2.58. The van der Waals surface area contributed by atoms with E-state index < -0.39 is 17.5 Å². The van der Waals surface area contributed by atoms with Crippen molar-refractivity contribution in [2.45, 2.75) is 24.8 Å².